The highest BCUT2D eigenvalue weighted by molar-refractivity contribution is 6.27. The molecule has 16 heavy (non-hydrogen) atoms. The van der Waals surface area contributed by atoms with Gasteiger partial charge in [0.15, 0.2) is 0 Å². The molecule has 0 spiro atoms. The molecule has 0 radical (unpaired) electrons. The molecule has 4 nitrogen and oxygen atoms in total. The molecule has 1 rings (SSSR count). The second-order valence-corrected chi connectivity index (χ2v) is 3.48. The second-order valence-electron chi connectivity index (χ2n) is 3.22. The van der Waals surface area contributed by atoms with E-state index in [-0.39, 0.29) is 11.8 Å². The van der Waals surface area contributed by atoms with Crippen molar-refractivity contribution < 1.29 is 9.59 Å². The van der Waals surface area contributed by atoms with E-state index in [2.05, 4.69) is 10.9 Å². The maximum atomic E-state index is 11.3. The Morgan fingerprint density at radius 1 is 1.06 bits per heavy atom. The van der Waals surface area contributed by atoms with Crippen molar-refractivity contribution in [1.82, 2.24) is 10.9 Å². The summed E-state index contributed by atoms with van der Waals surface area (Å²) in [5.74, 6) is -0.823. The first-order valence-corrected chi connectivity index (χ1v) is 5.43. The predicted octanol–water partition coefficient (Wildman–Crippen LogP) is 1.01. The van der Waals surface area contributed by atoms with Crippen LogP contribution in [0.4, 0.5) is 0 Å². The molecule has 0 heterocycles. The summed E-state index contributed by atoms with van der Waals surface area (Å²) in [5.41, 5.74) is 5.56. The highest BCUT2D eigenvalue weighted by Gasteiger charge is 2.03. The largest absolute Gasteiger partial charge is 0.273 e. The Morgan fingerprint density at radius 2 is 1.69 bits per heavy atom. The summed E-state index contributed by atoms with van der Waals surface area (Å²) in [4.78, 5) is 22.0. The van der Waals surface area contributed by atoms with E-state index in [1.54, 1.807) is 0 Å². The summed E-state index contributed by atoms with van der Waals surface area (Å²) in [6.45, 7) is 0. The normalized spacial score (nSPS) is 9.56. The summed E-state index contributed by atoms with van der Waals surface area (Å²) >= 11 is 5.25. The lowest BCUT2D eigenvalue weighted by Gasteiger charge is -2.05. The Labute approximate surface area is 99.0 Å². The molecular formula is C11H13ClN2O2. The van der Waals surface area contributed by atoms with Gasteiger partial charge in [0.25, 0.3) is 5.91 Å². The number of benzene rings is 1. The summed E-state index contributed by atoms with van der Waals surface area (Å²) in [6, 6.07) is 9.66. The third kappa shape index (κ3) is 4.79. The van der Waals surface area contributed by atoms with Crippen molar-refractivity contribution in [2.75, 3.05) is 5.88 Å². The van der Waals surface area contributed by atoms with Gasteiger partial charge in [-0.25, -0.2) is 0 Å². The van der Waals surface area contributed by atoms with E-state index < -0.39 is 5.91 Å². The highest BCUT2D eigenvalue weighted by atomic mass is 35.5. The molecule has 2 amide bonds. The number of amides is 2. The van der Waals surface area contributed by atoms with Crippen LogP contribution in [0.1, 0.15) is 12.0 Å². The number of nitrogens with one attached hydrogen (secondary N) is 2. The van der Waals surface area contributed by atoms with Crippen LogP contribution >= 0.6 is 11.6 Å². The molecule has 1 aromatic carbocycles. The monoisotopic (exact) mass is 240 g/mol. The smallest absolute Gasteiger partial charge is 0.253 e. The Hall–Kier alpha value is -1.55. The third-order valence-electron chi connectivity index (χ3n) is 1.95. The number of halogens is 1. The topological polar surface area (TPSA) is 58.2 Å². The van der Waals surface area contributed by atoms with Gasteiger partial charge < -0.3 is 0 Å². The van der Waals surface area contributed by atoms with Crippen molar-refractivity contribution in [2.24, 2.45) is 0 Å². The average molecular weight is 241 g/mol. The minimum atomic E-state index is -0.422. The zero-order valence-electron chi connectivity index (χ0n) is 8.70. The van der Waals surface area contributed by atoms with Gasteiger partial charge in [0.05, 0.1) is 0 Å². The number of carbonyl (C=O) groups is 2. The number of rotatable bonds is 4. The van der Waals surface area contributed by atoms with Gasteiger partial charge in [0.1, 0.15) is 5.88 Å². The van der Waals surface area contributed by atoms with Crippen molar-refractivity contribution in [3.05, 3.63) is 35.9 Å². The number of hydrogen-bond donors (Lipinski definition) is 2. The van der Waals surface area contributed by atoms with E-state index in [9.17, 15) is 9.59 Å². The fourth-order valence-electron chi connectivity index (χ4n) is 1.14. The van der Waals surface area contributed by atoms with E-state index in [1.807, 2.05) is 30.3 Å². The number of alkyl halides is 1. The van der Waals surface area contributed by atoms with Crippen LogP contribution in [0.3, 0.4) is 0 Å². The minimum absolute atomic E-state index is 0.168. The Kier molecular flexibility index (Phi) is 5.36. The first-order valence-electron chi connectivity index (χ1n) is 4.90. The molecule has 0 aliphatic carbocycles. The number of carbonyl (C=O) groups excluding carboxylic acids is 2. The lowest BCUT2D eigenvalue weighted by atomic mass is 10.1. The van der Waals surface area contributed by atoms with Crippen molar-refractivity contribution >= 4 is 23.4 Å². The summed E-state index contributed by atoms with van der Waals surface area (Å²) < 4.78 is 0. The number of hydrogen-bond acceptors (Lipinski definition) is 2. The Balaban J connectivity index is 2.23. The van der Waals surface area contributed by atoms with Crippen molar-refractivity contribution in [3.63, 3.8) is 0 Å². The molecule has 0 aliphatic rings. The fourth-order valence-corrected chi connectivity index (χ4v) is 1.20. The molecule has 0 fully saturated rings. The second kappa shape index (κ2) is 6.85. The zero-order valence-corrected chi connectivity index (χ0v) is 9.46. The average Bonchev–Trinajstić information content (AvgIpc) is 2.34. The third-order valence-corrected chi connectivity index (χ3v) is 2.19. The van der Waals surface area contributed by atoms with Gasteiger partial charge in [0.2, 0.25) is 5.91 Å². The van der Waals surface area contributed by atoms with Gasteiger partial charge >= 0.3 is 0 Å². The molecule has 0 atom stereocenters. The molecule has 0 saturated heterocycles. The predicted molar refractivity (Wildman–Crippen MR) is 61.8 cm³/mol. The van der Waals surface area contributed by atoms with Crippen LogP contribution in [0.5, 0.6) is 0 Å². The molecule has 1 aromatic rings. The lowest BCUT2D eigenvalue weighted by molar-refractivity contribution is -0.127. The van der Waals surface area contributed by atoms with E-state index in [1.165, 1.54) is 0 Å². The van der Waals surface area contributed by atoms with Gasteiger partial charge in [-0.15, -0.1) is 11.6 Å². The number of aryl methyl sites for hydroxylation is 1. The van der Waals surface area contributed by atoms with Crippen LogP contribution in [-0.2, 0) is 16.0 Å². The standard InChI is InChI=1S/C11H13ClN2O2/c12-8-11(16)14-13-10(15)7-6-9-4-2-1-3-5-9/h1-5H,6-8H2,(H,13,15)(H,14,16). The van der Waals surface area contributed by atoms with Gasteiger partial charge in [-0.05, 0) is 12.0 Å². The van der Waals surface area contributed by atoms with E-state index in [0.717, 1.165) is 5.56 Å². The van der Waals surface area contributed by atoms with Gasteiger partial charge in [-0.3, -0.25) is 20.4 Å². The molecule has 0 aliphatic heterocycles. The molecule has 5 heteroatoms. The van der Waals surface area contributed by atoms with Crippen LogP contribution in [0.2, 0.25) is 0 Å². The van der Waals surface area contributed by atoms with E-state index >= 15 is 0 Å². The lowest BCUT2D eigenvalue weighted by Crippen LogP contribution is -2.42. The molecule has 86 valence electrons. The van der Waals surface area contributed by atoms with Gasteiger partial charge in [-0.1, -0.05) is 30.3 Å². The summed E-state index contributed by atoms with van der Waals surface area (Å²) in [7, 11) is 0. The molecule has 0 saturated carbocycles. The van der Waals surface area contributed by atoms with Crippen LogP contribution in [0, 0.1) is 0 Å². The van der Waals surface area contributed by atoms with Gasteiger partial charge in [-0.2, -0.15) is 0 Å². The van der Waals surface area contributed by atoms with Crippen molar-refractivity contribution in [3.8, 4) is 0 Å². The molecule has 0 bridgehead atoms. The van der Waals surface area contributed by atoms with Gasteiger partial charge in [0, 0.05) is 6.42 Å². The molecular weight excluding hydrogens is 228 g/mol. The highest BCUT2D eigenvalue weighted by Crippen LogP contribution is 2.01. The first kappa shape index (κ1) is 12.5. The Bertz CT molecular complexity index is 354. The maximum absolute atomic E-state index is 11.3. The quantitative estimate of drug-likeness (QED) is 0.610. The van der Waals surface area contributed by atoms with Crippen LogP contribution in [-0.4, -0.2) is 17.7 Å². The molecule has 0 aromatic heterocycles. The van der Waals surface area contributed by atoms with Crippen LogP contribution < -0.4 is 10.9 Å². The van der Waals surface area contributed by atoms with Crippen LogP contribution in [0.15, 0.2) is 30.3 Å². The molecule has 0 unspecified atom stereocenters. The number of hydrazine groups is 1. The maximum Gasteiger partial charge on any atom is 0.253 e. The summed E-state index contributed by atoms with van der Waals surface area (Å²) in [5, 5.41) is 0. The van der Waals surface area contributed by atoms with Crippen molar-refractivity contribution in [1.29, 1.82) is 0 Å². The SMILES string of the molecule is O=C(CCl)NNC(=O)CCc1ccccc1. The van der Waals surface area contributed by atoms with E-state index in [0.29, 0.717) is 12.8 Å². The minimum Gasteiger partial charge on any atom is -0.273 e. The summed E-state index contributed by atoms with van der Waals surface area (Å²) in [6.07, 6.45) is 0.968. The van der Waals surface area contributed by atoms with E-state index in [4.69, 9.17) is 11.6 Å². The fraction of sp³-hybridized carbons (Fsp3) is 0.273. The molecule has 2 N–H and O–H groups in total. The first-order chi connectivity index (χ1) is 7.72. The zero-order chi connectivity index (χ0) is 11.8. The van der Waals surface area contributed by atoms with Crippen molar-refractivity contribution in [2.45, 2.75) is 12.8 Å². The van der Waals surface area contributed by atoms with Crippen LogP contribution in [0.25, 0.3) is 0 Å². The Morgan fingerprint density at radius 3 is 2.31 bits per heavy atom.